The molecule has 0 aromatic heterocycles. The Bertz CT molecular complexity index is 704. The van der Waals surface area contributed by atoms with E-state index in [2.05, 4.69) is 11.4 Å². The molecule has 4 heteroatoms. The van der Waals surface area contributed by atoms with Crippen LogP contribution in [0.1, 0.15) is 11.1 Å². The lowest BCUT2D eigenvalue weighted by molar-refractivity contribution is -0.118. The van der Waals surface area contributed by atoms with Crippen molar-refractivity contribution < 1.29 is 9.53 Å². The van der Waals surface area contributed by atoms with Gasteiger partial charge in [0.15, 0.2) is 0 Å². The highest BCUT2D eigenvalue weighted by atomic mass is 16.5. The van der Waals surface area contributed by atoms with Crippen molar-refractivity contribution in [1.82, 2.24) is 0 Å². The molecule has 0 aliphatic heterocycles. The minimum absolute atomic E-state index is 0.306. The monoisotopic (exact) mass is 294 g/mol. The van der Waals surface area contributed by atoms with E-state index in [0.29, 0.717) is 17.9 Å². The van der Waals surface area contributed by atoms with Crippen LogP contribution < -0.4 is 10.1 Å². The van der Waals surface area contributed by atoms with E-state index in [1.165, 1.54) is 0 Å². The molecular formula is C18H18N2O2. The topological polar surface area (TPSA) is 62.1 Å². The van der Waals surface area contributed by atoms with Gasteiger partial charge in [0.05, 0.1) is 13.2 Å². The number of nitriles is 1. The molecule has 4 nitrogen and oxygen atoms in total. The van der Waals surface area contributed by atoms with Gasteiger partial charge in [-0.15, -0.1) is 0 Å². The summed E-state index contributed by atoms with van der Waals surface area (Å²) < 4.78 is 5.26. The van der Waals surface area contributed by atoms with Crippen LogP contribution >= 0.6 is 0 Å². The van der Waals surface area contributed by atoms with Gasteiger partial charge in [0, 0.05) is 12.1 Å². The molecular weight excluding hydrogens is 276 g/mol. The van der Waals surface area contributed by atoms with Crippen molar-refractivity contribution >= 4 is 11.6 Å². The van der Waals surface area contributed by atoms with Gasteiger partial charge in [-0.05, 0) is 36.2 Å². The Morgan fingerprint density at radius 1 is 1.27 bits per heavy atom. The molecule has 1 atom stereocenters. The molecule has 0 heterocycles. The number of methoxy groups -OCH3 is 1. The number of rotatable bonds is 5. The average Bonchev–Trinajstić information content (AvgIpc) is 2.52. The van der Waals surface area contributed by atoms with Gasteiger partial charge in [-0.2, -0.15) is 5.26 Å². The molecule has 0 aliphatic carbocycles. The predicted octanol–water partition coefficient (Wildman–Crippen LogP) is 3.32. The minimum atomic E-state index is -0.767. The molecule has 1 N–H and O–H groups in total. The number of benzene rings is 2. The number of ether oxygens (including phenoxy) is 1. The van der Waals surface area contributed by atoms with Crippen molar-refractivity contribution in [2.45, 2.75) is 13.3 Å². The summed E-state index contributed by atoms with van der Waals surface area (Å²) in [6.45, 7) is 1.95. The summed E-state index contributed by atoms with van der Waals surface area (Å²) in [7, 11) is 1.58. The van der Waals surface area contributed by atoms with Crippen molar-refractivity contribution in [3.05, 3.63) is 59.7 Å². The maximum absolute atomic E-state index is 12.3. The molecule has 0 aliphatic rings. The highest BCUT2D eigenvalue weighted by Crippen LogP contribution is 2.21. The number of amides is 1. The van der Waals surface area contributed by atoms with E-state index < -0.39 is 5.92 Å². The van der Waals surface area contributed by atoms with E-state index >= 15 is 0 Å². The Hall–Kier alpha value is -2.80. The zero-order valence-corrected chi connectivity index (χ0v) is 12.7. The first-order chi connectivity index (χ1) is 10.6. The maximum Gasteiger partial charge on any atom is 0.242 e. The Labute approximate surface area is 130 Å². The van der Waals surface area contributed by atoms with E-state index in [9.17, 15) is 10.1 Å². The molecule has 0 saturated heterocycles. The van der Waals surface area contributed by atoms with Crippen LogP contribution in [0.3, 0.4) is 0 Å². The third-order valence-electron chi connectivity index (χ3n) is 3.37. The van der Waals surface area contributed by atoms with Gasteiger partial charge >= 0.3 is 0 Å². The number of nitrogens with one attached hydrogen (secondary N) is 1. The largest absolute Gasteiger partial charge is 0.496 e. The second-order valence-electron chi connectivity index (χ2n) is 5.06. The fourth-order valence-electron chi connectivity index (χ4n) is 2.24. The van der Waals surface area contributed by atoms with Crippen molar-refractivity contribution in [1.29, 1.82) is 5.26 Å². The molecule has 112 valence electrons. The number of nitrogens with zero attached hydrogens (tertiary/aromatic N) is 1. The second kappa shape index (κ2) is 7.28. The molecule has 2 aromatic carbocycles. The van der Waals surface area contributed by atoms with Gasteiger partial charge in [-0.3, -0.25) is 4.79 Å². The lowest BCUT2D eigenvalue weighted by Crippen LogP contribution is -2.23. The molecule has 22 heavy (non-hydrogen) atoms. The van der Waals surface area contributed by atoms with Crippen LogP contribution in [0.15, 0.2) is 48.5 Å². The van der Waals surface area contributed by atoms with E-state index in [4.69, 9.17) is 4.74 Å². The van der Waals surface area contributed by atoms with E-state index in [-0.39, 0.29) is 5.91 Å². The number of carbonyl (C=O) groups is 1. The smallest absolute Gasteiger partial charge is 0.242 e. The first-order valence-electron chi connectivity index (χ1n) is 7.03. The second-order valence-corrected chi connectivity index (χ2v) is 5.06. The zero-order chi connectivity index (χ0) is 15.9. The van der Waals surface area contributed by atoms with Gasteiger partial charge in [0.25, 0.3) is 0 Å². The number of para-hydroxylation sites is 1. The Morgan fingerprint density at radius 2 is 2.05 bits per heavy atom. The molecule has 2 aromatic rings. The van der Waals surface area contributed by atoms with Gasteiger partial charge in [-0.25, -0.2) is 0 Å². The molecule has 2 rings (SSSR count). The number of hydrogen-bond acceptors (Lipinski definition) is 3. The van der Waals surface area contributed by atoms with Crippen molar-refractivity contribution in [2.75, 3.05) is 12.4 Å². The van der Waals surface area contributed by atoms with Crippen LogP contribution in [0.25, 0.3) is 0 Å². The van der Waals surface area contributed by atoms with Crippen LogP contribution in [0.5, 0.6) is 5.75 Å². The van der Waals surface area contributed by atoms with Crippen LogP contribution in [0, 0.1) is 24.2 Å². The van der Waals surface area contributed by atoms with Crippen molar-refractivity contribution in [2.24, 2.45) is 5.92 Å². The summed E-state index contributed by atoms with van der Waals surface area (Å²) in [5, 5.41) is 12.1. The highest BCUT2D eigenvalue weighted by Gasteiger charge is 2.20. The molecule has 0 fully saturated rings. The summed E-state index contributed by atoms with van der Waals surface area (Å²) in [4.78, 5) is 12.3. The van der Waals surface area contributed by atoms with E-state index in [1.807, 2.05) is 55.5 Å². The Balaban J connectivity index is 2.11. The summed E-state index contributed by atoms with van der Waals surface area (Å²) in [5.41, 5.74) is 2.59. The number of aryl methyl sites for hydroxylation is 1. The molecule has 0 unspecified atom stereocenters. The summed E-state index contributed by atoms with van der Waals surface area (Å²) in [6.07, 6.45) is 0.318. The van der Waals surface area contributed by atoms with Gasteiger partial charge in [0.1, 0.15) is 11.7 Å². The summed E-state index contributed by atoms with van der Waals surface area (Å²) in [6, 6.07) is 17.0. The normalized spacial score (nSPS) is 11.3. The fourth-order valence-corrected chi connectivity index (χ4v) is 2.24. The van der Waals surface area contributed by atoms with E-state index in [1.54, 1.807) is 7.11 Å². The lowest BCUT2D eigenvalue weighted by Gasteiger charge is -2.13. The third kappa shape index (κ3) is 3.86. The molecule has 0 radical (unpaired) electrons. The minimum Gasteiger partial charge on any atom is -0.496 e. The van der Waals surface area contributed by atoms with Crippen molar-refractivity contribution in [3.8, 4) is 11.8 Å². The first-order valence-corrected chi connectivity index (χ1v) is 7.03. The lowest BCUT2D eigenvalue weighted by atomic mass is 9.99. The third-order valence-corrected chi connectivity index (χ3v) is 3.37. The zero-order valence-electron chi connectivity index (χ0n) is 12.7. The Kier molecular flexibility index (Phi) is 5.16. The molecule has 0 saturated carbocycles. The Morgan fingerprint density at radius 3 is 2.73 bits per heavy atom. The highest BCUT2D eigenvalue weighted by molar-refractivity contribution is 5.94. The first kappa shape index (κ1) is 15.6. The fraction of sp³-hybridized carbons (Fsp3) is 0.222. The molecule has 0 spiro atoms. The standard InChI is InChI=1S/C18H18N2O2/c1-13-6-5-8-16(10-13)20-18(21)15(12-19)11-14-7-3-4-9-17(14)22-2/h3-10,15H,11H2,1-2H3,(H,20,21)/t15-/m1/s1. The molecule has 1 amide bonds. The number of anilines is 1. The van der Waals surface area contributed by atoms with Crippen LogP contribution in [0.2, 0.25) is 0 Å². The SMILES string of the molecule is COc1ccccc1C[C@H](C#N)C(=O)Nc1cccc(C)c1. The van der Waals surface area contributed by atoms with Crippen LogP contribution in [0.4, 0.5) is 5.69 Å². The van der Waals surface area contributed by atoms with E-state index in [0.717, 1.165) is 11.1 Å². The average molecular weight is 294 g/mol. The van der Waals surface area contributed by atoms with Crippen molar-refractivity contribution in [3.63, 3.8) is 0 Å². The maximum atomic E-state index is 12.3. The predicted molar refractivity (Wildman–Crippen MR) is 85.6 cm³/mol. The summed E-state index contributed by atoms with van der Waals surface area (Å²) in [5.74, 6) is -0.387. The van der Waals surface area contributed by atoms with Gasteiger partial charge < -0.3 is 10.1 Å². The number of carbonyl (C=O) groups excluding carboxylic acids is 1. The molecule has 0 bridgehead atoms. The quantitative estimate of drug-likeness (QED) is 0.920. The van der Waals surface area contributed by atoms with Gasteiger partial charge in [-0.1, -0.05) is 30.3 Å². The van der Waals surface area contributed by atoms with Crippen LogP contribution in [-0.2, 0) is 11.2 Å². The number of hydrogen-bond donors (Lipinski definition) is 1. The van der Waals surface area contributed by atoms with Crippen LogP contribution in [-0.4, -0.2) is 13.0 Å². The summed E-state index contributed by atoms with van der Waals surface area (Å²) >= 11 is 0. The van der Waals surface area contributed by atoms with Gasteiger partial charge in [0.2, 0.25) is 5.91 Å².